The molecule has 0 bridgehead atoms. The van der Waals surface area contributed by atoms with Crippen LogP contribution < -0.4 is 10.1 Å². The summed E-state index contributed by atoms with van der Waals surface area (Å²) in [7, 11) is 0. The molecule has 0 saturated heterocycles. The molecular formula is C16H17N3O. The molecule has 0 saturated carbocycles. The second-order valence-electron chi connectivity index (χ2n) is 4.64. The molecule has 0 spiro atoms. The molecule has 3 rings (SSSR count). The Bertz CT molecular complexity index is 578. The van der Waals surface area contributed by atoms with Gasteiger partial charge in [-0.25, -0.2) is 0 Å². The molecular weight excluding hydrogens is 250 g/mol. The lowest BCUT2D eigenvalue weighted by Gasteiger charge is -2.15. The number of pyridine rings is 1. The summed E-state index contributed by atoms with van der Waals surface area (Å²) in [4.78, 5) is 8.71. The molecule has 2 aromatic rings. The zero-order chi connectivity index (χ0) is 13.6. The molecule has 4 heteroatoms. The lowest BCUT2D eigenvalue weighted by molar-refractivity contribution is 0.301. The highest BCUT2D eigenvalue weighted by Crippen LogP contribution is 2.14. The van der Waals surface area contributed by atoms with Gasteiger partial charge < -0.3 is 10.1 Å². The monoisotopic (exact) mass is 267 g/mol. The van der Waals surface area contributed by atoms with Gasteiger partial charge in [-0.1, -0.05) is 6.07 Å². The Kier molecular flexibility index (Phi) is 3.92. The van der Waals surface area contributed by atoms with E-state index >= 15 is 0 Å². The summed E-state index contributed by atoms with van der Waals surface area (Å²) >= 11 is 0. The van der Waals surface area contributed by atoms with Crippen LogP contribution in [0.4, 0.5) is 0 Å². The van der Waals surface area contributed by atoms with Crippen molar-refractivity contribution >= 4 is 5.84 Å². The maximum atomic E-state index is 5.71. The fourth-order valence-corrected chi connectivity index (χ4v) is 2.08. The standard InChI is InChI=1S/C16H17N3O/c1-2-9-17-14(4-1)12-20-15-7-5-13(6-8-15)16-18-10-3-11-19-16/h1-2,4-9H,3,10-12H2,(H,18,19). The fraction of sp³-hybridized carbons (Fsp3) is 0.250. The van der Waals surface area contributed by atoms with Crippen LogP contribution in [0, 0.1) is 0 Å². The molecule has 0 fully saturated rings. The van der Waals surface area contributed by atoms with Crippen LogP contribution in [0.15, 0.2) is 53.7 Å². The molecule has 0 radical (unpaired) electrons. The van der Waals surface area contributed by atoms with Crippen molar-refractivity contribution in [1.29, 1.82) is 0 Å². The van der Waals surface area contributed by atoms with Crippen LogP contribution in [-0.4, -0.2) is 23.9 Å². The summed E-state index contributed by atoms with van der Waals surface area (Å²) < 4.78 is 5.71. The van der Waals surface area contributed by atoms with E-state index in [2.05, 4.69) is 15.3 Å². The highest BCUT2D eigenvalue weighted by atomic mass is 16.5. The molecule has 0 unspecified atom stereocenters. The van der Waals surface area contributed by atoms with E-state index in [1.165, 1.54) is 0 Å². The smallest absolute Gasteiger partial charge is 0.130 e. The van der Waals surface area contributed by atoms with Crippen LogP contribution in [0.5, 0.6) is 5.75 Å². The second kappa shape index (κ2) is 6.19. The van der Waals surface area contributed by atoms with E-state index in [9.17, 15) is 0 Å². The maximum Gasteiger partial charge on any atom is 0.130 e. The van der Waals surface area contributed by atoms with Gasteiger partial charge in [-0.2, -0.15) is 0 Å². The summed E-state index contributed by atoms with van der Waals surface area (Å²) in [5.74, 6) is 1.82. The van der Waals surface area contributed by atoms with Crippen molar-refractivity contribution in [2.24, 2.45) is 4.99 Å². The zero-order valence-corrected chi connectivity index (χ0v) is 11.2. The van der Waals surface area contributed by atoms with Gasteiger partial charge in [0, 0.05) is 24.8 Å². The first-order valence-electron chi connectivity index (χ1n) is 6.83. The molecule has 1 aromatic heterocycles. The topological polar surface area (TPSA) is 46.5 Å². The number of hydrogen-bond acceptors (Lipinski definition) is 4. The van der Waals surface area contributed by atoms with Gasteiger partial charge in [-0.3, -0.25) is 9.98 Å². The Hall–Kier alpha value is -2.36. The van der Waals surface area contributed by atoms with Crippen molar-refractivity contribution < 1.29 is 4.74 Å². The van der Waals surface area contributed by atoms with Crippen molar-refractivity contribution in [3.63, 3.8) is 0 Å². The van der Waals surface area contributed by atoms with E-state index in [4.69, 9.17) is 4.74 Å². The first-order valence-corrected chi connectivity index (χ1v) is 6.83. The SMILES string of the molecule is c1ccc(COc2ccc(C3=NCCCN3)cc2)nc1. The Labute approximate surface area is 118 Å². The van der Waals surface area contributed by atoms with Crippen molar-refractivity contribution in [2.45, 2.75) is 13.0 Å². The lowest BCUT2D eigenvalue weighted by atomic mass is 10.2. The number of amidine groups is 1. The first-order chi connectivity index (χ1) is 9.92. The second-order valence-corrected chi connectivity index (χ2v) is 4.64. The van der Waals surface area contributed by atoms with Crippen LogP contribution in [0.3, 0.4) is 0 Å². The number of nitrogens with one attached hydrogen (secondary N) is 1. The molecule has 102 valence electrons. The quantitative estimate of drug-likeness (QED) is 0.925. The summed E-state index contributed by atoms with van der Waals surface area (Å²) in [5.41, 5.74) is 2.03. The highest BCUT2D eigenvalue weighted by Gasteiger charge is 2.06. The van der Waals surface area contributed by atoms with E-state index in [-0.39, 0.29) is 0 Å². The number of rotatable bonds is 4. The third-order valence-electron chi connectivity index (χ3n) is 3.14. The molecule has 1 aliphatic heterocycles. The molecule has 1 N–H and O–H groups in total. The van der Waals surface area contributed by atoms with Crippen LogP contribution >= 0.6 is 0 Å². The van der Waals surface area contributed by atoms with Crippen LogP contribution in [0.2, 0.25) is 0 Å². The summed E-state index contributed by atoms with van der Waals surface area (Å²) in [6, 6.07) is 13.8. The third-order valence-corrected chi connectivity index (χ3v) is 3.14. The van der Waals surface area contributed by atoms with Crippen molar-refractivity contribution in [3.05, 3.63) is 59.9 Å². The Balaban J connectivity index is 1.63. The maximum absolute atomic E-state index is 5.71. The van der Waals surface area contributed by atoms with E-state index in [1.807, 2.05) is 42.5 Å². The summed E-state index contributed by atoms with van der Waals surface area (Å²) in [6.07, 6.45) is 2.88. The minimum atomic E-state index is 0.485. The van der Waals surface area contributed by atoms with Crippen LogP contribution in [0.25, 0.3) is 0 Å². The normalized spacial score (nSPS) is 14.3. The van der Waals surface area contributed by atoms with Gasteiger partial charge in [0.25, 0.3) is 0 Å². The third kappa shape index (κ3) is 3.15. The molecule has 4 nitrogen and oxygen atoms in total. The molecule has 0 amide bonds. The summed E-state index contributed by atoms with van der Waals surface area (Å²) in [5, 5.41) is 3.31. The number of ether oxygens (including phenoxy) is 1. The number of benzene rings is 1. The fourth-order valence-electron chi connectivity index (χ4n) is 2.08. The van der Waals surface area contributed by atoms with E-state index in [0.29, 0.717) is 6.61 Å². The van der Waals surface area contributed by atoms with E-state index in [0.717, 1.165) is 42.4 Å². The molecule has 20 heavy (non-hydrogen) atoms. The average molecular weight is 267 g/mol. The number of aliphatic imine (C=N–C) groups is 1. The van der Waals surface area contributed by atoms with Gasteiger partial charge in [0.1, 0.15) is 18.2 Å². The van der Waals surface area contributed by atoms with Gasteiger partial charge in [-0.05, 0) is 42.8 Å². The molecule has 2 heterocycles. The van der Waals surface area contributed by atoms with Crippen molar-refractivity contribution in [1.82, 2.24) is 10.3 Å². The van der Waals surface area contributed by atoms with E-state index < -0.39 is 0 Å². The van der Waals surface area contributed by atoms with Crippen molar-refractivity contribution in [2.75, 3.05) is 13.1 Å². The van der Waals surface area contributed by atoms with Gasteiger partial charge >= 0.3 is 0 Å². The number of nitrogens with zero attached hydrogens (tertiary/aromatic N) is 2. The average Bonchev–Trinajstić information content (AvgIpc) is 2.55. The molecule has 0 aliphatic carbocycles. The number of aromatic nitrogens is 1. The van der Waals surface area contributed by atoms with Gasteiger partial charge in [0.2, 0.25) is 0 Å². The zero-order valence-electron chi connectivity index (χ0n) is 11.2. The molecule has 1 aromatic carbocycles. The predicted molar refractivity (Wildman–Crippen MR) is 79.0 cm³/mol. The Morgan fingerprint density at radius 1 is 1.10 bits per heavy atom. The van der Waals surface area contributed by atoms with Crippen molar-refractivity contribution in [3.8, 4) is 5.75 Å². The van der Waals surface area contributed by atoms with E-state index in [1.54, 1.807) is 6.20 Å². The number of hydrogen-bond donors (Lipinski definition) is 1. The molecule has 0 atom stereocenters. The van der Waals surface area contributed by atoms with Gasteiger partial charge in [0.15, 0.2) is 0 Å². The minimum absolute atomic E-state index is 0.485. The van der Waals surface area contributed by atoms with Gasteiger partial charge in [0.05, 0.1) is 5.69 Å². The Morgan fingerprint density at radius 2 is 2.00 bits per heavy atom. The summed E-state index contributed by atoms with van der Waals surface area (Å²) in [6.45, 7) is 2.39. The largest absolute Gasteiger partial charge is 0.487 e. The van der Waals surface area contributed by atoms with Crippen LogP contribution in [-0.2, 0) is 6.61 Å². The van der Waals surface area contributed by atoms with Gasteiger partial charge in [-0.15, -0.1) is 0 Å². The first kappa shape index (κ1) is 12.7. The minimum Gasteiger partial charge on any atom is -0.487 e. The predicted octanol–water partition coefficient (Wildman–Crippen LogP) is 2.40. The molecule has 1 aliphatic rings. The Morgan fingerprint density at radius 3 is 2.70 bits per heavy atom. The van der Waals surface area contributed by atoms with Crippen LogP contribution in [0.1, 0.15) is 17.7 Å². The highest BCUT2D eigenvalue weighted by molar-refractivity contribution is 5.99. The lowest BCUT2D eigenvalue weighted by Crippen LogP contribution is -2.30.